The molecule has 2 aromatic rings. The normalized spacial score (nSPS) is 10.0. The van der Waals surface area contributed by atoms with Gasteiger partial charge in [-0.3, -0.25) is 0 Å². The van der Waals surface area contributed by atoms with Gasteiger partial charge in [0.2, 0.25) is 0 Å². The molecule has 0 aliphatic heterocycles. The number of thiophene rings is 1. The number of fused-ring (bicyclic) bond motifs is 1. The highest BCUT2D eigenvalue weighted by atomic mass is 32.2. The van der Waals surface area contributed by atoms with Gasteiger partial charge in [0, 0.05) is 0 Å². The van der Waals surface area contributed by atoms with E-state index in [-0.39, 0.29) is 0 Å². The lowest BCUT2D eigenvalue weighted by molar-refractivity contribution is 1.33. The average Bonchev–Trinajstić information content (AvgIpc) is 2.77. The predicted octanol–water partition coefficient (Wildman–Crippen LogP) is 2.43. The van der Waals surface area contributed by atoms with Crippen molar-refractivity contribution >= 4 is 49.7 Å². The molecule has 0 atom stereocenters. The van der Waals surface area contributed by atoms with E-state index in [1.54, 1.807) is 0 Å². The first-order chi connectivity index (χ1) is 7.27. The molecule has 74 valence electrons. The smallest absolute Gasteiger partial charge is 0.129 e. The van der Waals surface area contributed by atoms with E-state index in [2.05, 4.69) is 10.4 Å². The lowest BCUT2D eigenvalue weighted by Crippen LogP contribution is -1.85. The van der Waals surface area contributed by atoms with E-state index >= 15 is 0 Å². The number of aromatic nitrogens is 1. The molecule has 2 rings (SSSR count). The van der Waals surface area contributed by atoms with Crippen molar-refractivity contribution in [3.8, 4) is 12.1 Å². The molecule has 2 aromatic heterocycles. The van der Waals surface area contributed by atoms with Gasteiger partial charge in [-0.05, 0) is 11.5 Å². The van der Waals surface area contributed by atoms with E-state index < -0.39 is 0 Å². The van der Waals surface area contributed by atoms with Gasteiger partial charge in [-0.15, -0.1) is 11.3 Å². The van der Waals surface area contributed by atoms with Crippen LogP contribution in [0.2, 0.25) is 0 Å². The van der Waals surface area contributed by atoms with Crippen LogP contribution in [0, 0.1) is 22.7 Å². The maximum atomic E-state index is 8.81. The fourth-order valence-electron chi connectivity index (χ4n) is 1.10. The van der Waals surface area contributed by atoms with E-state index in [9.17, 15) is 0 Å². The Kier molecular flexibility index (Phi) is 2.78. The van der Waals surface area contributed by atoms with Gasteiger partial charge in [-0.1, -0.05) is 11.8 Å². The molecule has 15 heavy (non-hydrogen) atoms. The Morgan fingerprint density at radius 1 is 1.47 bits per heavy atom. The van der Waals surface area contributed by atoms with Crippen LogP contribution in [0.5, 0.6) is 0 Å². The van der Waals surface area contributed by atoms with Gasteiger partial charge in [0.15, 0.2) is 0 Å². The average molecular weight is 252 g/mol. The van der Waals surface area contributed by atoms with Crippen molar-refractivity contribution < 1.29 is 0 Å². The van der Waals surface area contributed by atoms with Crippen molar-refractivity contribution in [2.24, 2.45) is 0 Å². The number of thioether (sulfide) groups is 1. The molecule has 7 heteroatoms. The monoisotopic (exact) mass is 252 g/mol. The fraction of sp³-hybridized carbons (Fsp3) is 0.125. The standard InChI is InChI=1S/C8H4N4S3/c9-1-2-13-7-5-6(11)4(3-10)14-8(5)15-12-7/h2,11H2. The number of hydrogen-bond donors (Lipinski definition) is 1. The molecule has 0 amide bonds. The third kappa shape index (κ3) is 1.65. The van der Waals surface area contributed by atoms with Crippen molar-refractivity contribution in [1.29, 1.82) is 10.5 Å². The van der Waals surface area contributed by atoms with E-state index in [1.807, 2.05) is 6.07 Å². The van der Waals surface area contributed by atoms with Gasteiger partial charge in [0.05, 0.1) is 22.9 Å². The van der Waals surface area contributed by atoms with Crippen LogP contribution in [0.3, 0.4) is 0 Å². The zero-order valence-corrected chi connectivity index (χ0v) is 9.80. The molecule has 0 aliphatic carbocycles. The molecule has 0 spiro atoms. The predicted molar refractivity (Wildman–Crippen MR) is 63.0 cm³/mol. The maximum absolute atomic E-state index is 8.81. The Balaban J connectivity index is 2.54. The van der Waals surface area contributed by atoms with Crippen LogP contribution >= 0.6 is 34.6 Å². The van der Waals surface area contributed by atoms with Gasteiger partial charge in [-0.25, -0.2) is 0 Å². The molecule has 0 radical (unpaired) electrons. The number of nitrogens with zero attached hydrogens (tertiary/aromatic N) is 3. The van der Waals surface area contributed by atoms with Crippen molar-refractivity contribution in [2.75, 3.05) is 11.5 Å². The minimum Gasteiger partial charge on any atom is -0.396 e. The molecule has 0 fully saturated rings. The highest BCUT2D eigenvalue weighted by Gasteiger charge is 2.16. The third-order valence-electron chi connectivity index (χ3n) is 1.71. The summed E-state index contributed by atoms with van der Waals surface area (Å²) >= 11 is 4.02. The topological polar surface area (TPSA) is 86.5 Å². The third-order valence-corrected chi connectivity index (χ3v) is 4.69. The van der Waals surface area contributed by atoms with E-state index in [4.69, 9.17) is 16.3 Å². The quantitative estimate of drug-likeness (QED) is 0.829. The van der Waals surface area contributed by atoms with Gasteiger partial charge in [-0.2, -0.15) is 14.9 Å². The first-order valence-corrected chi connectivity index (χ1v) is 6.43. The summed E-state index contributed by atoms with van der Waals surface area (Å²) in [7, 11) is 0. The SMILES string of the molecule is N#CCSc1nsc2sc(C#N)c(N)c12. The Morgan fingerprint density at radius 2 is 2.27 bits per heavy atom. The van der Waals surface area contributed by atoms with Crippen LogP contribution in [-0.2, 0) is 0 Å². The second-order valence-electron chi connectivity index (χ2n) is 2.55. The van der Waals surface area contributed by atoms with Crippen LogP contribution in [0.25, 0.3) is 9.40 Å². The Hall–Kier alpha value is -1.28. The van der Waals surface area contributed by atoms with Crippen LogP contribution in [-0.4, -0.2) is 10.1 Å². The molecule has 0 saturated heterocycles. The molecule has 2 N–H and O–H groups in total. The molecule has 4 nitrogen and oxygen atoms in total. The maximum Gasteiger partial charge on any atom is 0.129 e. The Morgan fingerprint density at radius 3 is 2.93 bits per heavy atom. The van der Waals surface area contributed by atoms with Crippen LogP contribution in [0.1, 0.15) is 4.88 Å². The molecule has 0 saturated carbocycles. The molecule has 0 aliphatic rings. The van der Waals surface area contributed by atoms with E-state index in [1.165, 1.54) is 34.6 Å². The molecule has 0 unspecified atom stereocenters. The zero-order valence-electron chi connectivity index (χ0n) is 7.35. The second kappa shape index (κ2) is 4.07. The van der Waals surface area contributed by atoms with Crippen molar-refractivity contribution in [2.45, 2.75) is 5.03 Å². The van der Waals surface area contributed by atoms with E-state index in [0.717, 1.165) is 14.4 Å². The lowest BCUT2D eigenvalue weighted by atomic mass is 10.3. The molecule has 0 aromatic carbocycles. The Labute approximate surface area is 98.1 Å². The number of anilines is 1. The summed E-state index contributed by atoms with van der Waals surface area (Å²) in [6.07, 6.45) is 0. The summed E-state index contributed by atoms with van der Waals surface area (Å²) in [6, 6.07) is 4.09. The molecule has 0 bridgehead atoms. The van der Waals surface area contributed by atoms with Crippen LogP contribution in [0.4, 0.5) is 5.69 Å². The summed E-state index contributed by atoms with van der Waals surface area (Å²) in [6.45, 7) is 0. The zero-order chi connectivity index (χ0) is 10.8. The molecule has 2 heterocycles. The van der Waals surface area contributed by atoms with Gasteiger partial charge >= 0.3 is 0 Å². The molecular formula is C8H4N4S3. The Bertz CT molecular complexity index is 583. The highest BCUT2D eigenvalue weighted by molar-refractivity contribution is 7.99. The summed E-state index contributed by atoms with van der Waals surface area (Å²) in [5, 5.41) is 18.9. The first-order valence-electron chi connectivity index (χ1n) is 3.85. The summed E-state index contributed by atoms with van der Waals surface area (Å²) < 4.78 is 5.15. The van der Waals surface area contributed by atoms with Crippen LogP contribution in [0.15, 0.2) is 5.03 Å². The van der Waals surface area contributed by atoms with Gasteiger partial charge in [0.1, 0.15) is 20.0 Å². The minimum absolute atomic E-state index is 0.343. The van der Waals surface area contributed by atoms with Crippen molar-refractivity contribution in [3.63, 3.8) is 0 Å². The lowest BCUT2D eigenvalue weighted by Gasteiger charge is -1.91. The number of nitriles is 2. The second-order valence-corrected chi connectivity index (χ2v) is 5.57. The van der Waals surface area contributed by atoms with E-state index in [0.29, 0.717) is 16.3 Å². The van der Waals surface area contributed by atoms with Gasteiger partial charge < -0.3 is 5.73 Å². The molecular weight excluding hydrogens is 248 g/mol. The number of hydrogen-bond acceptors (Lipinski definition) is 7. The summed E-state index contributed by atoms with van der Waals surface area (Å²) in [5.74, 6) is 0.343. The minimum atomic E-state index is 0.343. The largest absolute Gasteiger partial charge is 0.396 e. The van der Waals surface area contributed by atoms with Crippen molar-refractivity contribution in [3.05, 3.63) is 4.88 Å². The fourth-order valence-corrected chi connectivity index (χ4v) is 3.93. The summed E-state index contributed by atoms with van der Waals surface area (Å²) in [4.78, 5) is 0.525. The van der Waals surface area contributed by atoms with Crippen molar-refractivity contribution in [1.82, 2.24) is 4.37 Å². The van der Waals surface area contributed by atoms with Gasteiger partial charge in [0.25, 0.3) is 0 Å². The number of nitrogen functional groups attached to an aromatic ring is 1. The number of rotatable bonds is 2. The summed E-state index contributed by atoms with van der Waals surface area (Å²) in [5.41, 5.74) is 6.32. The van der Waals surface area contributed by atoms with Crippen LogP contribution < -0.4 is 5.73 Å². The number of nitrogens with two attached hydrogens (primary N) is 1. The highest BCUT2D eigenvalue weighted by Crippen LogP contribution is 2.41. The first kappa shape index (κ1) is 10.2.